The molecule has 0 aromatic carbocycles. The zero-order chi connectivity index (χ0) is 12.4. The van der Waals surface area contributed by atoms with Gasteiger partial charge in [0.15, 0.2) is 0 Å². The summed E-state index contributed by atoms with van der Waals surface area (Å²) in [6.45, 7) is -0.0268. The molecule has 2 atom stereocenters. The number of amides is 1. The van der Waals surface area contributed by atoms with Crippen LogP contribution in [0.2, 0.25) is 0 Å². The number of carboxylic acid groups (broad SMARTS) is 1. The monoisotopic (exact) mass is 240 g/mol. The second-order valence-electron chi connectivity index (χ2n) is 3.89. The summed E-state index contributed by atoms with van der Waals surface area (Å²) >= 11 is 0. The molecule has 0 bridgehead atoms. The van der Waals surface area contributed by atoms with Crippen LogP contribution in [-0.4, -0.2) is 60.7 Å². The predicted octanol–water partition coefficient (Wildman–Crippen LogP) is -1.68. The normalized spacial score (nSPS) is 23.9. The van der Waals surface area contributed by atoms with Crippen LogP contribution in [0.25, 0.3) is 0 Å². The lowest BCUT2D eigenvalue weighted by molar-refractivity contribution is -0.148. The van der Waals surface area contributed by atoms with Gasteiger partial charge in [0.25, 0.3) is 0 Å². The molecule has 1 aliphatic rings. The number of carboxylic acids is 1. The third kappa shape index (κ3) is 2.41. The highest BCUT2D eigenvalue weighted by Gasteiger charge is 2.38. The molecule has 92 valence electrons. The summed E-state index contributed by atoms with van der Waals surface area (Å²) in [6, 6.07) is -0.957. The van der Waals surface area contributed by atoms with Gasteiger partial charge in [0.2, 0.25) is 5.91 Å². The largest absolute Gasteiger partial charge is 0.480 e. The van der Waals surface area contributed by atoms with E-state index in [9.17, 15) is 14.7 Å². The van der Waals surface area contributed by atoms with Gasteiger partial charge < -0.3 is 15.1 Å². The van der Waals surface area contributed by atoms with E-state index < -0.39 is 18.1 Å². The van der Waals surface area contributed by atoms with Gasteiger partial charge >= 0.3 is 5.97 Å². The number of carbonyl (C=O) groups is 2. The molecule has 1 saturated heterocycles. The van der Waals surface area contributed by atoms with Crippen molar-refractivity contribution >= 4 is 11.9 Å². The lowest BCUT2D eigenvalue weighted by Gasteiger charge is -2.20. The Balaban J connectivity index is 2.05. The molecule has 0 radical (unpaired) electrons. The van der Waals surface area contributed by atoms with Crippen LogP contribution in [0.15, 0.2) is 12.4 Å². The number of aliphatic hydroxyl groups is 1. The van der Waals surface area contributed by atoms with Crippen molar-refractivity contribution in [3.8, 4) is 0 Å². The van der Waals surface area contributed by atoms with E-state index in [0.29, 0.717) is 0 Å². The van der Waals surface area contributed by atoms with Crippen LogP contribution in [0.4, 0.5) is 0 Å². The van der Waals surface area contributed by atoms with Crippen molar-refractivity contribution < 1.29 is 19.8 Å². The number of hydrogen-bond donors (Lipinski definition) is 2. The maximum Gasteiger partial charge on any atom is 0.326 e. The maximum atomic E-state index is 11.8. The molecule has 0 unspecified atom stereocenters. The number of rotatable bonds is 3. The Morgan fingerprint density at radius 2 is 2.24 bits per heavy atom. The molecule has 0 spiro atoms. The Kier molecular flexibility index (Phi) is 3.05. The number of aliphatic hydroxyl groups excluding tert-OH is 1. The van der Waals surface area contributed by atoms with Gasteiger partial charge in [0, 0.05) is 19.2 Å². The summed E-state index contributed by atoms with van der Waals surface area (Å²) in [5.74, 6) is -1.49. The van der Waals surface area contributed by atoms with Gasteiger partial charge in [-0.2, -0.15) is 0 Å². The topological polar surface area (TPSA) is 109 Å². The van der Waals surface area contributed by atoms with Crippen molar-refractivity contribution in [2.75, 3.05) is 6.54 Å². The van der Waals surface area contributed by atoms with E-state index in [1.54, 1.807) is 0 Å². The number of β-amino-alcohol motifs (C(OH)–C–C–N with tert-alkyl or cyclic N) is 1. The molecule has 1 aliphatic heterocycles. The van der Waals surface area contributed by atoms with E-state index >= 15 is 0 Å². The number of carbonyl (C=O) groups excluding carboxylic acids is 1. The Morgan fingerprint density at radius 3 is 2.82 bits per heavy atom. The van der Waals surface area contributed by atoms with Crippen molar-refractivity contribution in [2.45, 2.75) is 25.1 Å². The molecule has 0 saturated carbocycles. The third-order valence-electron chi connectivity index (χ3n) is 2.65. The van der Waals surface area contributed by atoms with Gasteiger partial charge in [-0.3, -0.25) is 4.79 Å². The number of hydrogen-bond acceptors (Lipinski definition) is 5. The third-order valence-corrected chi connectivity index (χ3v) is 2.65. The molecule has 1 amide bonds. The first-order valence-electron chi connectivity index (χ1n) is 5.12. The summed E-state index contributed by atoms with van der Waals surface area (Å²) in [7, 11) is 0. The van der Waals surface area contributed by atoms with Crippen LogP contribution < -0.4 is 0 Å². The summed E-state index contributed by atoms with van der Waals surface area (Å²) in [6.07, 6.45) is 2.23. The fourth-order valence-electron chi connectivity index (χ4n) is 1.87. The quantitative estimate of drug-likeness (QED) is 0.653. The molecule has 17 heavy (non-hydrogen) atoms. The van der Waals surface area contributed by atoms with E-state index in [4.69, 9.17) is 5.11 Å². The van der Waals surface area contributed by atoms with Crippen molar-refractivity contribution in [1.29, 1.82) is 0 Å². The Morgan fingerprint density at radius 1 is 1.47 bits per heavy atom. The first-order valence-corrected chi connectivity index (χ1v) is 5.12. The molecule has 8 nitrogen and oxygen atoms in total. The van der Waals surface area contributed by atoms with Crippen LogP contribution in [0.1, 0.15) is 6.42 Å². The summed E-state index contributed by atoms with van der Waals surface area (Å²) < 4.78 is 1.31. The lowest BCUT2D eigenvalue weighted by atomic mass is 10.2. The smallest absolute Gasteiger partial charge is 0.326 e. The van der Waals surface area contributed by atoms with Crippen LogP contribution in [0.5, 0.6) is 0 Å². The minimum atomic E-state index is -1.10. The highest BCUT2D eigenvalue weighted by Crippen LogP contribution is 2.18. The molecule has 2 rings (SSSR count). The average Bonchev–Trinajstić information content (AvgIpc) is 2.86. The minimum Gasteiger partial charge on any atom is -0.480 e. The van der Waals surface area contributed by atoms with Crippen LogP contribution in [-0.2, 0) is 16.1 Å². The second kappa shape index (κ2) is 4.50. The highest BCUT2D eigenvalue weighted by atomic mass is 16.4. The molecule has 1 aromatic heterocycles. The van der Waals surface area contributed by atoms with Crippen molar-refractivity contribution in [2.24, 2.45) is 0 Å². The first-order chi connectivity index (χ1) is 8.08. The van der Waals surface area contributed by atoms with Crippen molar-refractivity contribution in [1.82, 2.24) is 19.9 Å². The van der Waals surface area contributed by atoms with Crippen molar-refractivity contribution in [3.05, 3.63) is 12.4 Å². The van der Waals surface area contributed by atoms with E-state index in [2.05, 4.69) is 10.3 Å². The Bertz CT molecular complexity index is 419. The molecule has 1 aromatic rings. The van der Waals surface area contributed by atoms with Crippen LogP contribution in [0.3, 0.4) is 0 Å². The molecular weight excluding hydrogens is 228 g/mol. The number of nitrogens with zero attached hydrogens (tertiary/aromatic N) is 4. The second-order valence-corrected chi connectivity index (χ2v) is 3.89. The lowest BCUT2D eigenvalue weighted by Crippen LogP contribution is -2.42. The molecular formula is C9H12N4O4. The van der Waals surface area contributed by atoms with Gasteiger partial charge in [0.1, 0.15) is 12.6 Å². The number of aromatic nitrogens is 3. The van der Waals surface area contributed by atoms with E-state index in [1.165, 1.54) is 17.1 Å². The minimum absolute atomic E-state index is 0.0461. The zero-order valence-corrected chi connectivity index (χ0v) is 8.93. The molecule has 1 fully saturated rings. The molecule has 8 heteroatoms. The summed E-state index contributed by atoms with van der Waals surface area (Å²) in [4.78, 5) is 23.9. The number of likely N-dealkylation sites (tertiary alicyclic amines) is 1. The van der Waals surface area contributed by atoms with E-state index in [0.717, 1.165) is 4.90 Å². The van der Waals surface area contributed by atoms with E-state index in [1.807, 2.05) is 0 Å². The molecule has 2 heterocycles. The van der Waals surface area contributed by atoms with Gasteiger partial charge in [-0.15, -0.1) is 5.10 Å². The fraction of sp³-hybridized carbons (Fsp3) is 0.556. The maximum absolute atomic E-state index is 11.8. The Hall–Kier alpha value is -1.96. The molecule has 0 aliphatic carbocycles. The van der Waals surface area contributed by atoms with Gasteiger partial charge in [-0.1, -0.05) is 5.21 Å². The predicted molar refractivity (Wildman–Crippen MR) is 53.8 cm³/mol. The number of aliphatic carboxylic acids is 1. The average molecular weight is 240 g/mol. The van der Waals surface area contributed by atoms with Gasteiger partial charge in [-0.05, 0) is 0 Å². The van der Waals surface area contributed by atoms with Gasteiger partial charge in [0.05, 0.1) is 12.3 Å². The first kappa shape index (κ1) is 11.5. The summed E-state index contributed by atoms with van der Waals surface area (Å²) in [5, 5.41) is 25.5. The van der Waals surface area contributed by atoms with Crippen LogP contribution in [0, 0.1) is 0 Å². The standard InChI is InChI=1S/C9H12N4O4/c14-6-3-7(9(16)17)13(4-6)8(15)5-12-2-1-10-11-12/h1-2,6-7,14H,3-5H2,(H,16,17)/t6-,7+/m1/s1. The SMILES string of the molecule is O=C(O)[C@@H]1C[C@@H](O)CN1C(=O)Cn1ccnn1. The zero-order valence-electron chi connectivity index (χ0n) is 8.93. The Labute approximate surface area is 96.4 Å². The van der Waals surface area contributed by atoms with Crippen LogP contribution >= 0.6 is 0 Å². The highest BCUT2D eigenvalue weighted by molar-refractivity contribution is 5.84. The van der Waals surface area contributed by atoms with E-state index in [-0.39, 0.29) is 25.4 Å². The van der Waals surface area contributed by atoms with Gasteiger partial charge in [-0.25, -0.2) is 9.48 Å². The summed E-state index contributed by atoms with van der Waals surface area (Å²) in [5.41, 5.74) is 0. The molecule has 2 N–H and O–H groups in total. The van der Waals surface area contributed by atoms with Crippen molar-refractivity contribution in [3.63, 3.8) is 0 Å². The fourth-order valence-corrected chi connectivity index (χ4v) is 1.87.